The summed E-state index contributed by atoms with van der Waals surface area (Å²) in [5, 5.41) is 4.80. The first kappa shape index (κ1) is 18.7. The second kappa shape index (κ2) is 8.19. The van der Waals surface area contributed by atoms with Crippen LogP contribution in [0.5, 0.6) is 0 Å². The number of rotatable bonds is 5. The quantitative estimate of drug-likeness (QED) is 0.441. The van der Waals surface area contributed by atoms with Crippen LogP contribution in [0.3, 0.4) is 0 Å². The predicted octanol–water partition coefficient (Wildman–Crippen LogP) is 6.15. The van der Waals surface area contributed by atoms with Crippen LogP contribution in [0.2, 0.25) is 0 Å². The summed E-state index contributed by atoms with van der Waals surface area (Å²) in [7, 11) is 0. The molecule has 2 heterocycles. The van der Waals surface area contributed by atoms with Gasteiger partial charge in [0.25, 0.3) is 0 Å². The molecule has 0 spiro atoms. The Hall–Kier alpha value is -3.33. The van der Waals surface area contributed by atoms with E-state index in [0.717, 1.165) is 36.5 Å². The maximum Gasteiger partial charge on any atom is 0.0727 e. The lowest BCUT2D eigenvalue weighted by Gasteiger charge is -2.22. The molecule has 0 bridgehead atoms. The number of aromatic nitrogens is 1. The molecule has 1 fully saturated rings. The first-order valence-electron chi connectivity index (χ1n) is 10.8. The zero-order chi connectivity index (χ0) is 20.3. The van der Waals surface area contributed by atoms with Gasteiger partial charge >= 0.3 is 0 Å². The van der Waals surface area contributed by atoms with Gasteiger partial charge in [0.1, 0.15) is 0 Å². The van der Waals surface area contributed by atoms with Crippen LogP contribution in [-0.4, -0.2) is 18.1 Å². The molecule has 3 aromatic carbocycles. The molecule has 1 atom stereocenters. The summed E-state index contributed by atoms with van der Waals surface area (Å²) in [5.74, 6) is 0.592. The highest BCUT2D eigenvalue weighted by molar-refractivity contribution is 5.94. The van der Waals surface area contributed by atoms with E-state index in [1.807, 2.05) is 0 Å². The highest BCUT2D eigenvalue weighted by Crippen LogP contribution is 2.35. The van der Waals surface area contributed by atoms with Gasteiger partial charge < -0.3 is 10.2 Å². The van der Waals surface area contributed by atoms with E-state index in [-0.39, 0.29) is 0 Å². The number of hydrogen-bond acceptors (Lipinski definition) is 3. The van der Waals surface area contributed by atoms with Crippen molar-refractivity contribution < 1.29 is 0 Å². The standard InChI is InChI=1S/C27H27N3/c1-20-16-27(30-15-14-23(19-30)22-10-6-3-7-11-22)25-17-24(12-13-26(25)29-20)28-18-21-8-4-2-5-9-21/h2-13,16-17,23,28H,14-15,18-19H2,1H3. The molecule has 3 heteroatoms. The molecule has 1 N–H and O–H groups in total. The molecular weight excluding hydrogens is 366 g/mol. The predicted molar refractivity (Wildman–Crippen MR) is 126 cm³/mol. The Kier molecular flexibility index (Phi) is 5.10. The van der Waals surface area contributed by atoms with Crippen LogP contribution < -0.4 is 10.2 Å². The van der Waals surface area contributed by atoms with Crippen LogP contribution in [0.15, 0.2) is 84.9 Å². The lowest BCUT2D eigenvalue weighted by molar-refractivity contribution is 0.775. The van der Waals surface area contributed by atoms with Crippen LogP contribution in [0, 0.1) is 6.92 Å². The number of pyridine rings is 1. The van der Waals surface area contributed by atoms with Crippen LogP contribution in [0.4, 0.5) is 11.4 Å². The van der Waals surface area contributed by atoms with Crippen molar-refractivity contribution in [2.24, 2.45) is 0 Å². The lowest BCUT2D eigenvalue weighted by atomic mass is 9.99. The SMILES string of the molecule is Cc1cc(N2CCC(c3ccccc3)C2)c2cc(NCc3ccccc3)ccc2n1. The van der Waals surface area contributed by atoms with Crippen molar-refractivity contribution in [3.8, 4) is 0 Å². The zero-order valence-electron chi connectivity index (χ0n) is 17.4. The molecule has 0 radical (unpaired) electrons. The molecule has 5 rings (SSSR count). The van der Waals surface area contributed by atoms with Gasteiger partial charge in [0.15, 0.2) is 0 Å². The molecule has 30 heavy (non-hydrogen) atoms. The number of anilines is 2. The number of aryl methyl sites for hydroxylation is 1. The summed E-state index contributed by atoms with van der Waals surface area (Å²) in [4.78, 5) is 7.33. The Labute approximate surface area is 178 Å². The molecule has 1 saturated heterocycles. The molecule has 3 nitrogen and oxygen atoms in total. The molecule has 4 aromatic rings. The normalized spacial score (nSPS) is 16.2. The van der Waals surface area contributed by atoms with Gasteiger partial charge in [0, 0.05) is 48.0 Å². The van der Waals surface area contributed by atoms with E-state index in [0.29, 0.717) is 5.92 Å². The van der Waals surface area contributed by atoms with Crippen molar-refractivity contribution in [2.45, 2.75) is 25.8 Å². The number of nitrogens with one attached hydrogen (secondary N) is 1. The molecule has 0 aliphatic carbocycles. The van der Waals surface area contributed by atoms with E-state index in [4.69, 9.17) is 4.98 Å². The summed E-state index contributed by atoms with van der Waals surface area (Å²) < 4.78 is 0. The summed E-state index contributed by atoms with van der Waals surface area (Å²) >= 11 is 0. The fourth-order valence-electron chi connectivity index (χ4n) is 4.48. The van der Waals surface area contributed by atoms with Gasteiger partial charge in [-0.25, -0.2) is 0 Å². The molecule has 1 aromatic heterocycles. The van der Waals surface area contributed by atoms with Crippen LogP contribution >= 0.6 is 0 Å². The van der Waals surface area contributed by atoms with Crippen molar-refractivity contribution >= 4 is 22.3 Å². The summed E-state index contributed by atoms with van der Waals surface area (Å²) in [6.45, 7) is 5.06. The molecule has 1 aliphatic rings. The van der Waals surface area contributed by atoms with E-state index in [1.54, 1.807) is 0 Å². The van der Waals surface area contributed by atoms with Crippen molar-refractivity contribution in [3.63, 3.8) is 0 Å². The summed E-state index contributed by atoms with van der Waals surface area (Å²) in [6, 6.07) is 30.2. The van der Waals surface area contributed by atoms with Gasteiger partial charge in [-0.2, -0.15) is 0 Å². The van der Waals surface area contributed by atoms with Gasteiger partial charge in [0.05, 0.1) is 5.52 Å². The van der Waals surface area contributed by atoms with Crippen molar-refractivity contribution in [3.05, 3.63) is 102 Å². The van der Waals surface area contributed by atoms with E-state index < -0.39 is 0 Å². The number of hydrogen-bond donors (Lipinski definition) is 1. The maximum absolute atomic E-state index is 4.79. The highest BCUT2D eigenvalue weighted by atomic mass is 15.2. The zero-order valence-corrected chi connectivity index (χ0v) is 17.4. The van der Waals surface area contributed by atoms with Crippen LogP contribution in [0.1, 0.15) is 29.2 Å². The first-order valence-corrected chi connectivity index (χ1v) is 10.8. The monoisotopic (exact) mass is 393 g/mol. The van der Waals surface area contributed by atoms with Crippen LogP contribution in [-0.2, 0) is 6.54 Å². The smallest absolute Gasteiger partial charge is 0.0727 e. The molecule has 0 amide bonds. The van der Waals surface area contributed by atoms with Crippen LogP contribution in [0.25, 0.3) is 10.9 Å². The summed E-state index contributed by atoms with van der Waals surface area (Å²) in [5.41, 5.74) is 7.31. The first-order chi connectivity index (χ1) is 14.8. The van der Waals surface area contributed by atoms with Crippen molar-refractivity contribution in [2.75, 3.05) is 23.3 Å². The Morgan fingerprint density at radius 3 is 2.50 bits per heavy atom. The second-order valence-corrected chi connectivity index (χ2v) is 8.20. The Balaban J connectivity index is 1.42. The average Bonchev–Trinajstić information content (AvgIpc) is 3.29. The van der Waals surface area contributed by atoms with E-state index in [2.05, 4.69) is 102 Å². The van der Waals surface area contributed by atoms with Gasteiger partial charge in [-0.1, -0.05) is 60.7 Å². The van der Waals surface area contributed by atoms with Gasteiger partial charge in [-0.15, -0.1) is 0 Å². The Morgan fingerprint density at radius 1 is 0.933 bits per heavy atom. The van der Waals surface area contributed by atoms with Gasteiger partial charge in [0.2, 0.25) is 0 Å². The van der Waals surface area contributed by atoms with Crippen molar-refractivity contribution in [1.82, 2.24) is 4.98 Å². The molecular formula is C27H27N3. The Bertz CT molecular complexity index is 1140. The van der Waals surface area contributed by atoms with E-state index in [9.17, 15) is 0 Å². The Morgan fingerprint density at radius 2 is 1.70 bits per heavy atom. The third kappa shape index (κ3) is 3.88. The highest BCUT2D eigenvalue weighted by Gasteiger charge is 2.25. The largest absolute Gasteiger partial charge is 0.381 e. The minimum absolute atomic E-state index is 0.592. The van der Waals surface area contributed by atoms with Crippen molar-refractivity contribution in [1.29, 1.82) is 0 Å². The molecule has 1 unspecified atom stereocenters. The second-order valence-electron chi connectivity index (χ2n) is 8.20. The fraction of sp³-hybridized carbons (Fsp3) is 0.222. The number of benzene rings is 3. The topological polar surface area (TPSA) is 28.2 Å². The lowest BCUT2D eigenvalue weighted by Crippen LogP contribution is -2.20. The van der Waals surface area contributed by atoms with Gasteiger partial charge in [-0.05, 0) is 48.7 Å². The molecule has 1 aliphatic heterocycles. The minimum Gasteiger partial charge on any atom is -0.381 e. The van der Waals surface area contributed by atoms with E-state index in [1.165, 1.54) is 28.6 Å². The third-order valence-electron chi connectivity index (χ3n) is 6.05. The molecule has 150 valence electrons. The third-order valence-corrected chi connectivity index (χ3v) is 6.05. The van der Waals surface area contributed by atoms with Gasteiger partial charge in [-0.3, -0.25) is 4.98 Å². The summed E-state index contributed by atoms with van der Waals surface area (Å²) in [6.07, 6.45) is 1.19. The number of nitrogens with zero attached hydrogens (tertiary/aromatic N) is 2. The fourth-order valence-corrected chi connectivity index (χ4v) is 4.48. The molecule has 0 saturated carbocycles. The van der Waals surface area contributed by atoms with E-state index >= 15 is 0 Å². The minimum atomic E-state index is 0.592. The maximum atomic E-state index is 4.79. The average molecular weight is 394 g/mol. The number of fused-ring (bicyclic) bond motifs is 1.